The summed E-state index contributed by atoms with van der Waals surface area (Å²) in [4.78, 5) is 13.5. The number of aromatic nitrogens is 1. The second-order valence-electron chi connectivity index (χ2n) is 6.43. The van der Waals surface area contributed by atoms with E-state index < -0.39 is 11.7 Å². The fourth-order valence-corrected chi connectivity index (χ4v) is 2.36. The maximum Gasteiger partial charge on any atom is 0.410 e. The summed E-state index contributed by atoms with van der Waals surface area (Å²) in [7, 11) is 0. The molecule has 1 fully saturated rings. The van der Waals surface area contributed by atoms with Crippen LogP contribution in [-0.2, 0) is 11.3 Å². The number of likely N-dealkylation sites (tertiary alicyclic amines) is 1. The molecule has 0 radical (unpaired) electrons. The smallest absolute Gasteiger partial charge is 0.410 e. The zero-order chi connectivity index (χ0) is 15.5. The van der Waals surface area contributed by atoms with Crippen LogP contribution < -0.4 is 5.32 Å². The lowest BCUT2D eigenvalue weighted by atomic mass is 10.2. The number of nitrogens with zero attached hydrogens (tertiary/aromatic N) is 2. The molecule has 2 heterocycles. The van der Waals surface area contributed by atoms with Gasteiger partial charge in [0, 0.05) is 32.0 Å². The maximum atomic E-state index is 12.0. The summed E-state index contributed by atoms with van der Waals surface area (Å²) >= 11 is 0. The van der Waals surface area contributed by atoms with Gasteiger partial charge in [0.05, 0.1) is 18.7 Å². The van der Waals surface area contributed by atoms with E-state index in [1.54, 1.807) is 4.90 Å². The van der Waals surface area contributed by atoms with Crippen LogP contribution in [0.3, 0.4) is 0 Å². The predicted molar refractivity (Wildman–Crippen MR) is 80.0 cm³/mol. The molecule has 6 nitrogen and oxygen atoms in total. The van der Waals surface area contributed by atoms with Crippen LogP contribution in [0, 0.1) is 0 Å². The van der Waals surface area contributed by atoms with Crippen LogP contribution in [0.1, 0.15) is 20.8 Å². The maximum absolute atomic E-state index is 12.0. The van der Waals surface area contributed by atoms with Gasteiger partial charge in [0.2, 0.25) is 0 Å². The Morgan fingerprint density at radius 1 is 1.33 bits per heavy atom. The lowest BCUT2D eigenvalue weighted by Crippen LogP contribution is -2.41. The lowest BCUT2D eigenvalue weighted by molar-refractivity contribution is 0.0270. The first-order valence-corrected chi connectivity index (χ1v) is 7.35. The monoisotopic (exact) mass is 295 g/mol. The predicted octanol–water partition coefficient (Wildman–Crippen LogP) is 1.06. The second kappa shape index (κ2) is 6.49. The summed E-state index contributed by atoms with van der Waals surface area (Å²) < 4.78 is 7.40. The zero-order valence-corrected chi connectivity index (χ0v) is 13.0. The normalized spacial score (nSPS) is 22.6. The highest BCUT2D eigenvalue weighted by atomic mass is 16.6. The van der Waals surface area contributed by atoms with Crippen molar-refractivity contribution in [2.24, 2.45) is 0 Å². The van der Waals surface area contributed by atoms with Gasteiger partial charge in [-0.2, -0.15) is 0 Å². The number of aliphatic hydroxyl groups is 1. The van der Waals surface area contributed by atoms with Crippen LogP contribution in [0.4, 0.5) is 4.79 Å². The summed E-state index contributed by atoms with van der Waals surface area (Å²) in [6, 6.07) is 3.86. The number of aliphatic hydroxyl groups excluding tert-OH is 1. The molecule has 1 aliphatic heterocycles. The van der Waals surface area contributed by atoms with Crippen molar-refractivity contribution >= 4 is 6.09 Å². The summed E-state index contributed by atoms with van der Waals surface area (Å²) in [5.74, 6) is 0. The SMILES string of the molecule is CC(C)(C)OC(=O)N1C[C@@H](O)[C@H](NCCn2cccc2)C1. The molecule has 1 aliphatic rings. The van der Waals surface area contributed by atoms with E-state index in [4.69, 9.17) is 4.74 Å². The molecule has 2 N–H and O–H groups in total. The van der Waals surface area contributed by atoms with Gasteiger partial charge in [-0.05, 0) is 32.9 Å². The molecule has 1 amide bonds. The van der Waals surface area contributed by atoms with Crippen LogP contribution in [-0.4, -0.2) is 58.0 Å². The van der Waals surface area contributed by atoms with E-state index in [2.05, 4.69) is 9.88 Å². The minimum Gasteiger partial charge on any atom is -0.444 e. The molecular weight excluding hydrogens is 270 g/mol. The molecule has 0 aromatic carbocycles. The van der Waals surface area contributed by atoms with Gasteiger partial charge >= 0.3 is 6.09 Å². The minimum atomic E-state index is -0.554. The van der Waals surface area contributed by atoms with Crippen molar-refractivity contribution < 1.29 is 14.6 Å². The average molecular weight is 295 g/mol. The fraction of sp³-hybridized carbons (Fsp3) is 0.667. The van der Waals surface area contributed by atoms with E-state index in [9.17, 15) is 9.90 Å². The number of carbonyl (C=O) groups excluding carboxylic acids is 1. The van der Waals surface area contributed by atoms with Crippen molar-refractivity contribution in [2.75, 3.05) is 19.6 Å². The summed E-state index contributed by atoms with van der Waals surface area (Å²) in [5.41, 5.74) is -0.512. The van der Waals surface area contributed by atoms with Crippen molar-refractivity contribution in [3.63, 3.8) is 0 Å². The van der Waals surface area contributed by atoms with E-state index >= 15 is 0 Å². The summed E-state index contributed by atoms with van der Waals surface area (Å²) in [6.45, 7) is 7.89. The number of nitrogens with one attached hydrogen (secondary N) is 1. The molecule has 0 unspecified atom stereocenters. The molecule has 21 heavy (non-hydrogen) atoms. The van der Waals surface area contributed by atoms with Gasteiger partial charge in [-0.1, -0.05) is 0 Å². The molecule has 0 bridgehead atoms. The van der Waals surface area contributed by atoms with Crippen LogP contribution in [0.15, 0.2) is 24.5 Å². The first kappa shape index (κ1) is 15.9. The van der Waals surface area contributed by atoms with Gasteiger partial charge < -0.3 is 24.6 Å². The third-order valence-corrected chi connectivity index (χ3v) is 3.38. The number of hydrogen-bond acceptors (Lipinski definition) is 4. The van der Waals surface area contributed by atoms with E-state index in [1.807, 2.05) is 45.3 Å². The molecule has 0 saturated carbocycles. The summed E-state index contributed by atoms with van der Waals surface area (Å²) in [5, 5.41) is 13.3. The highest BCUT2D eigenvalue weighted by Gasteiger charge is 2.35. The van der Waals surface area contributed by atoms with Crippen LogP contribution >= 0.6 is 0 Å². The Bertz CT molecular complexity index is 453. The molecule has 1 saturated heterocycles. The Hall–Kier alpha value is -1.53. The van der Waals surface area contributed by atoms with E-state index in [-0.39, 0.29) is 12.1 Å². The minimum absolute atomic E-state index is 0.104. The molecule has 6 heteroatoms. The molecule has 0 aliphatic carbocycles. The standard InChI is InChI=1S/C15H25N3O3/c1-15(2,3)21-14(20)18-10-12(13(19)11-18)16-6-9-17-7-4-5-8-17/h4-5,7-8,12-13,16,19H,6,9-11H2,1-3H3/t12-,13-/m1/s1. The zero-order valence-electron chi connectivity index (χ0n) is 13.0. The second-order valence-corrected chi connectivity index (χ2v) is 6.43. The Morgan fingerprint density at radius 2 is 2.00 bits per heavy atom. The first-order valence-electron chi connectivity index (χ1n) is 7.35. The first-order chi connectivity index (χ1) is 9.85. The topological polar surface area (TPSA) is 66.7 Å². The molecule has 1 aromatic rings. The van der Waals surface area contributed by atoms with Crippen molar-refractivity contribution in [3.8, 4) is 0 Å². The van der Waals surface area contributed by atoms with E-state index in [0.29, 0.717) is 13.1 Å². The number of β-amino-alcohol motifs (C(OH)–C–C–N with tert-alkyl or cyclic N) is 1. The summed E-state index contributed by atoms with van der Waals surface area (Å²) in [6.07, 6.45) is 3.08. The number of amides is 1. The van der Waals surface area contributed by atoms with Gasteiger partial charge in [-0.15, -0.1) is 0 Å². The van der Waals surface area contributed by atoms with Crippen molar-refractivity contribution in [1.29, 1.82) is 0 Å². The van der Waals surface area contributed by atoms with Gasteiger partial charge in [0.25, 0.3) is 0 Å². The highest BCUT2D eigenvalue weighted by molar-refractivity contribution is 5.68. The molecular formula is C15H25N3O3. The molecule has 2 rings (SSSR count). The Morgan fingerprint density at radius 3 is 2.62 bits per heavy atom. The largest absolute Gasteiger partial charge is 0.444 e. The van der Waals surface area contributed by atoms with Gasteiger partial charge in [0.15, 0.2) is 0 Å². The average Bonchev–Trinajstić information content (AvgIpc) is 2.98. The van der Waals surface area contributed by atoms with Crippen LogP contribution in [0.2, 0.25) is 0 Å². The van der Waals surface area contributed by atoms with E-state index in [1.165, 1.54) is 0 Å². The number of rotatable bonds is 4. The molecule has 0 spiro atoms. The quantitative estimate of drug-likeness (QED) is 0.871. The van der Waals surface area contributed by atoms with Gasteiger partial charge in [-0.25, -0.2) is 4.79 Å². The van der Waals surface area contributed by atoms with E-state index in [0.717, 1.165) is 13.1 Å². The van der Waals surface area contributed by atoms with Crippen LogP contribution in [0.25, 0.3) is 0 Å². The third-order valence-electron chi connectivity index (χ3n) is 3.38. The number of carbonyl (C=O) groups is 1. The molecule has 2 atom stereocenters. The third kappa shape index (κ3) is 4.75. The number of hydrogen-bond donors (Lipinski definition) is 2. The van der Waals surface area contributed by atoms with Crippen molar-refractivity contribution in [1.82, 2.24) is 14.8 Å². The molecule has 1 aromatic heterocycles. The number of ether oxygens (including phenoxy) is 1. The van der Waals surface area contributed by atoms with Crippen molar-refractivity contribution in [2.45, 2.75) is 45.1 Å². The van der Waals surface area contributed by atoms with Crippen molar-refractivity contribution in [3.05, 3.63) is 24.5 Å². The fourth-order valence-electron chi connectivity index (χ4n) is 2.36. The Kier molecular flexibility index (Phi) is 4.90. The van der Waals surface area contributed by atoms with Gasteiger partial charge in [0.1, 0.15) is 5.60 Å². The van der Waals surface area contributed by atoms with Gasteiger partial charge in [-0.3, -0.25) is 0 Å². The van der Waals surface area contributed by atoms with Crippen LogP contribution in [0.5, 0.6) is 0 Å². The Labute approximate surface area is 125 Å². The highest BCUT2D eigenvalue weighted by Crippen LogP contribution is 2.15. The Balaban J connectivity index is 1.76. The lowest BCUT2D eigenvalue weighted by Gasteiger charge is -2.24. The molecule has 118 valence electrons.